The van der Waals surface area contributed by atoms with Gasteiger partial charge < -0.3 is 5.32 Å². The second-order valence-corrected chi connectivity index (χ2v) is 3.00. The number of rotatable bonds is 4. The van der Waals surface area contributed by atoms with E-state index in [9.17, 15) is 4.79 Å². The Kier molecular flexibility index (Phi) is 2.69. The number of carbonyl (C=O) groups is 1. The molecule has 1 fully saturated rings. The minimum atomic E-state index is 0.224. The fourth-order valence-corrected chi connectivity index (χ4v) is 1.52. The van der Waals surface area contributed by atoms with Crippen LogP contribution >= 0.6 is 0 Å². The Balaban J connectivity index is 2.26. The number of β-lactam (4-membered cyclic amide) rings is 1. The first-order chi connectivity index (χ1) is 5.29. The standard InChI is InChI=1S/C9H15NO/c1-3-5-6-8-7(4-2)9(11)10-8/h3,7-8H,1,4-6H2,2H3,(H,10,11). The molecular formula is C9H15NO. The van der Waals surface area contributed by atoms with Crippen LogP contribution in [0.2, 0.25) is 0 Å². The third kappa shape index (κ3) is 1.62. The highest BCUT2D eigenvalue weighted by Crippen LogP contribution is 2.22. The van der Waals surface area contributed by atoms with E-state index >= 15 is 0 Å². The predicted molar refractivity (Wildman–Crippen MR) is 45.1 cm³/mol. The van der Waals surface area contributed by atoms with Crippen LogP contribution in [0.5, 0.6) is 0 Å². The summed E-state index contributed by atoms with van der Waals surface area (Å²) in [4.78, 5) is 10.9. The summed E-state index contributed by atoms with van der Waals surface area (Å²) in [5.74, 6) is 0.497. The summed E-state index contributed by atoms with van der Waals surface area (Å²) in [5, 5.41) is 2.89. The zero-order valence-corrected chi connectivity index (χ0v) is 6.97. The number of amides is 1. The molecule has 0 aromatic carbocycles. The van der Waals surface area contributed by atoms with Crippen molar-refractivity contribution in [2.75, 3.05) is 0 Å². The smallest absolute Gasteiger partial charge is 0.225 e. The summed E-state index contributed by atoms with van der Waals surface area (Å²) in [6, 6.07) is 0.422. The summed E-state index contributed by atoms with van der Waals surface area (Å²) < 4.78 is 0. The topological polar surface area (TPSA) is 29.1 Å². The summed E-state index contributed by atoms with van der Waals surface area (Å²) in [5.41, 5.74) is 0. The molecule has 0 aliphatic carbocycles. The van der Waals surface area contributed by atoms with Gasteiger partial charge in [0.1, 0.15) is 0 Å². The van der Waals surface area contributed by atoms with Crippen molar-refractivity contribution in [1.29, 1.82) is 0 Å². The predicted octanol–water partition coefficient (Wildman–Crippen LogP) is 1.48. The highest BCUT2D eigenvalue weighted by molar-refractivity contribution is 5.85. The quantitative estimate of drug-likeness (QED) is 0.481. The van der Waals surface area contributed by atoms with Crippen LogP contribution < -0.4 is 5.32 Å². The first-order valence-corrected chi connectivity index (χ1v) is 4.20. The Morgan fingerprint density at radius 2 is 2.45 bits per heavy atom. The maximum atomic E-state index is 10.9. The first kappa shape index (κ1) is 8.31. The van der Waals surface area contributed by atoms with Crippen LogP contribution in [0.15, 0.2) is 12.7 Å². The maximum absolute atomic E-state index is 10.9. The minimum Gasteiger partial charge on any atom is -0.352 e. The van der Waals surface area contributed by atoms with Crippen molar-refractivity contribution in [3.05, 3.63) is 12.7 Å². The Bertz CT molecular complexity index is 165. The van der Waals surface area contributed by atoms with E-state index in [1.54, 1.807) is 0 Å². The third-order valence-electron chi connectivity index (χ3n) is 2.27. The van der Waals surface area contributed by atoms with E-state index in [4.69, 9.17) is 0 Å². The number of carbonyl (C=O) groups excluding carboxylic acids is 1. The maximum Gasteiger partial charge on any atom is 0.225 e. The number of allylic oxidation sites excluding steroid dienone is 1. The molecule has 1 rings (SSSR count). The lowest BCUT2D eigenvalue weighted by Gasteiger charge is -2.36. The number of hydrogen-bond donors (Lipinski definition) is 1. The summed E-state index contributed by atoms with van der Waals surface area (Å²) in [7, 11) is 0. The summed E-state index contributed by atoms with van der Waals surface area (Å²) in [6.07, 6.45) is 4.92. The van der Waals surface area contributed by atoms with E-state index in [1.165, 1.54) is 0 Å². The van der Waals surface area contributed by atoms with Crippen molar-refractivity contribution < 1.29 is 4.79 Å². The molecule has 0 aromatic rings. The Labute approximate surface area is 67.7 Å². The lowest BCUT2D eigenvalue weighted by Crippen LogP contribution is -2.57. The third-order valence-corrected chi connectivity index (χ3v) is 2.27. The highest BCUT2D eigenvalue weighted by Gasteiger charge is 2.36. The molecule has 0 spiro atoms. The van der Waals surface area contributed by atoms with Crippen LogP contribution in [0, 0.1) is 5.92 Å². The second kappa shape index (κ2) is 3.56. The van der Waals surface area contributed by atoms with Gasteiger partial charge in [-0.3, -0.25) is 4.79 Å². The molecule has 11 heavy (non-hydrogen) atoms. The van der Waals surface area contributed by atoms with Gasteiger partial charge >= 0.3 is 0 Å². The van der Waals surface area contributed by atoms with Gasteiger partial charge in [0, 0.05) is 6.04 Å². The molecule has 1 aliphatic rings. The molecule has 1 saturated heterocycles. The van der Waals surface area contributed by atoms with Crippen LogP contribution in [0.1, 0.15) is 26.2 Å². The zero-order chi connectivity index (χ0) is 8.27. The molecule has 0 saturated carbocycles. The van der Waals surface area contributed by atoms with Crippen molar-refractivity contribution in [3.8, 4) is 0 Å². The summed E-state index contributed by atoms with van der Waals surface area (Å²) in [6.45, 7) is 5.71. The Morgan fingerprint density at radius 1 is 1.73 bits per heavy atom. The molecule has 1 aliphatic heterocycles. The van der Waals surface area contributed by atoms with Gasteiger partial charge in [-0.2, -0.15) is 0 Å². The molecule has 2 heteroatoms. The monoisotopic (exact) mass is 153 g/mol. The van der Waals surface area contributed by atoms with Crippen molar-refractivity contribution in [1.82, 2.24) is 5.32 Å². The SMILES string of the molecule is C=CCCC1NC(=O)C1CC. The van der Waals surface area contributed by atoms with Gasteiger partial charge in [-0.15, -0.1) is 6.58 Å². The second-order valence-electron chi connectivity index (χ2n) is 3.00. The minimum absolute atomic E-state index is 0.224. The number of nitrogens with one attached hydrogen (secondary N) is 1. The zero-order valence-electron chi connectivity index (χ0n) is 6.97. The van der Waals surface area contributed by atoms with Gasteiger partial charge in [0.05, 0.1) is 5.92 Å². The molecule has 1 N–H and O–H groups in total. The largest absolute Gasteiger partial charge is 0.352 e. The van der Waals surface area contributed by atoms with Gasteiger partial charge in [0.15, 0.2) is 0 Å². The van der Waals surface area contributed by atoms with Crippen LogP contribution in [0.4, 0.5) is 0 Å². The molecule has 1 amide bonds. The van der Waals surface area contributed by atoms with Gasteiger partial charge in [0.25, 0.3) is 0 Å². The summed E-state index contributed by atoms with van der Waals surface area (Å²) >= 11 is 0. The fraction of sp³-hybridized carbons (Fsp3) is 0.667. The van der Waals surface area contributed by atoms with E-state index < -0.39 is 0 Å². The van der Waals surface area contributed by atoms with E-state index in [0.717, 1.165) is 19.3 Å². The van der Waals surface area contributed by atoms with Crippen molar-refractivity contribution in [2.24, 2.45) is 5.92 Å². The average Bonchev–Trinajstić information content (AvgIpc) is 1.98. The lowest BCUT2D eigenvalue weighted by atomic mass is 9.85. The van der Waals surface area contributed by atoms with Gasteiger partial charge in [-0.1, -0.05) is 13.0 Å². The van der Waals surface area contributed by atoms with Gasteiger partial charge in [-0.25, -0.2) is 0 Å². The Morgan fingerprint density at radius 3 is 2.91 bits per heavy atom. The molecule has 2 nitrogen and oxygen atoms in total. The molecule has 0 radical (unpaired) electrons. The molecule has 0 aromatic heterocycles. The van der Waals surface area contributed by atoms with Crippen molar-refractivity contribution in [2.45, 2.75) is 32.2 Å². The van der Waals surface area contributed by atoms with E-state index in [2.05, 4.69) is 18.8 Å². The van der Waals surface area contributed by atoms with Crippen LogP contribution in [-0.4, -0.2) is 11.9 Å². The molecule has 2 unspecified atom stereocenters. The molecule has 1 heterocycles. The normalized spacial score (nSPS) is 29.0. The van der Waals surface area contributed by atoms with Gasteiger partial charge in [-0.05, 0) is 19.3 Å². The van der Waals surface area contributed by atoms with Gasteiger partial charge in [0.2, 0.25) is 5.91 Å². The van der Waals surface area contributed by atoms with E-state index in [0.29, 0.717) is 6.04 Å². The lowest BCUT2D eigenvalue weighted by molar-refractivity contribution is -0.135. The molecule has 62 valence electrons. The highest BCUT2D eigenvalue weighted by atomic mass is 16.2. The Hall–Kier alpha value is -0.790. The first-order valence-electron chi connectivity index (χ1n) is 4.20. The fourth-order valence-electron chi connectivity index (χ4n) is 1.52. The van der Waals surface area contributed by atoms with Crippen LogP contribution in [0.25, 0.3) is 0 Å². The van der Waals surface area contributed by atoms with Crippen molar-refractivity contribution >= 4 is 5.91 Å². The number of hydrogen-bond acceptors (Lipinski definition) is 1. The van der Waals surface area contributed by atoms with Crippen LogP contribution in [0.3, 0.4) is 0 Å². The van der Waals surface area contributed by atoms with E-state index in [1.807, 2.05) is 6.08 Å². The van der Waals surface area contributed by atoms with E-state index in [-0.39, 0.29) is 11.8 Å². The molecule has 0 bridgehead atoms. The average molecular weight is 153 g/mol. The molecule has 2 atom stereocenters. The molecular weight excluding hydrogens is 138 g/mol. The van der Waals surface area contributed by atoms with Crippen LogP contribution in [-0.2, 0) is 4.79 Å². The van der Waals surface area contributed by atoms with Crippen molar-refractivity contribution in [3.63, 3.8) is 0 Å².